The van der Waals surface area contributed by atoms with Gasteiger partial charge in [0.05, 0.1) is 16.1 Å². The lowest BCUT2D eigenvalue weighted by Crippen LogP contribution is -2.19. The summed E-state index contributed by atoms with van der Waals surface area (Å²) in [7, 11) is 0. The zero-order valence-electron chi connectivity index (χ0n) is 14.7. The lowest BCUT2D eigenvalue weighted by molar-refractivity contribution is 0.102. The van der Waals surface area contributed by atoms with Crippen LogP contribution < -0.4 is 11.1 Å². The number of nitrogens with one attached hydrogen (secondary N) is 1. The van der Waals surface area contributed by atoms with E-state index < -0.39 is 0 Å². The number of carbonyl (C=O) groups is 1. The number of nitrogens with zero attached hydrogens (tertiary/aromatic N) is 2. The molecule has 0 unspecified atom stereocenters. The van der Waals surface area contributed by atoms with Crippen LogP contribution in [0, 0.1) is 18.8 Å². The summed E-state index contributed by atoms with van der Waals surface area (Å²) in [6.07, 6.45) is 1.89. The Morgan fingerprint density at radius 1 is 1.40 bits per heavy atom. The third kappa shape index (κ3) is 3.67. The second kappa shape index (κ2) is 7.09. The first-order chi connectivity index (χ1) is 11.9. The molecular weight excluding hydrogens is 336 g/mol. The zero-order chi connectivity index (χ0) is 18.1. The standard InChI is InChI=1S/C18H24N4O2S/c1-9-6-13(7-12(9)8-23)21-17-16(10(2)20-18(19)22-17)15-5-4-14(25-15)11(3)24/h4-5,9,12-13,23H,6-8H2,1-3H3,(H3,19,20,21,22)/t9-,12+,13-/m0/s1. The van der Waals surface area contributed by atoms with E-state index in [-0.39, 0.29) is 24.4 Å². The number of anilines is 2. The molecule has 0 radical (unpaired) electrons. The number of aromatic nitrogens is 2. The number of thiophene rings is 1. The number of carbonyl (C=O) groups excluding carboxylic acids is 1. The van der Waals surface area contributed by atoms with E-state index in [4.69, 9.17) is 5.73 Å². The highest BCUT2D eigenvalue weighted by Crippen LogP contribution is 2.38. The Morgan fingerprint density at radius 3 is 2.76 bits per heavy atom. The third-order valence-electron chi connectivity index (χ3n) is 4.93. The predicted octanol–water partition coefficient (Wildman–Crippen LogP) is 3.12. The average Bonchev–Trinajstić information content (AvgIpc) is 3.13. The number of aliphatic hydroxyl groups is 1. The lowest BCUT2D eigenvalue weighted by Gasteiger charge is -2.17. The first kappa shape index (κ1) is 17.8. The molecule has 3 rings (SSSR count). The Kier molecular flexibility index (Phi) is 5.06. The minimum atomic E-state index is 0.0511. The summed E-state index contributed by atoms with van der Waals surface area (Å²) in [4.78, 5) is 22.0. The topological polar surface area (TPSA) is 101 Å². The maximum atomic E-state index is 11.6. The van der Waals surface area contributed by atoms with Crippen LogP contribution in [0.15, 0.2) is 12.1 Å². The van der Waals surface area contributed by atoms with E-state index in [2.05, 4.69) is 22.2 Å². The van der Waals surface area contributed by atoms with E-state index >= 15 is 0 Å². The number of aliphatic hydroxyl groups excluding tert-OH is 1. The number of hydrogen-bond acceptors (Lipinski definition) is 7. The molecule has 1 fully saturated rings. The molecule has 134 valence electrons. The van der Waals surface area contributed by atoms with Gasteiger partial charge in [0.1, 0.15) is 5.82 Å². The molecule has 2 heterocycles. The van der Waals surface area contributed by atoms with Crippen molar-refractivity contribution in [3.63, 3.8) is 0 Å². The fraction of sp³-hybridized carbons (Fsp3) is 0.500. The van der Waals surface area contributed by atoms with E-state index in [0.717, 1.165) is 29.0 Å². The number of ketones is 1. The van der Waals surface area contributed by atoms with Crippen LogP contribution in [0.2, 0.25) is 0 Å². The highest BCUT2D eigenvalue weighted by atomic mass is 32.1. The summed E-state index contributed by atoms with van der Waals surface area (Å²) in [5.41, 5.74) is 7.55. The maximum Gasteiger partial charge on any atom is 0.222 e. The van der Waals surface area contributed by atoms with Crippen molar-refractivity contribution in [2.24, 2.45) is 11.8 Å². The van der Waals surface area contributed by atoms with Crippen LogP contribution in [-0.2, 0) is 0 Å². The Morgan fingerprint density at radius 2 is 2.16 bits per heavy atom. The predicted molar refractivity (Wildman–Crippen MR) is 101 cm³/mol. The van der Waals surface area contributed by atoms with Crippen molar-refractivity contribution in [3.8, 4) is 10.4 Å². The highest BCUT2D eigenvalue weighted by molar-refractivity contribution is 7.17. The van der Waals surface area contributed by atoms with Gasteiger partial charge in [-0.15, -0.1) is 11.3 Å². The highest BCUT2D eigenvalue weighted by Gasteiger charge is 2.31. The normalized spacial score (nSPS) is 23.0. The van der Waals surface area contributed by atoms with Crippen LogP contribution >= 0.6 is 11.3 Å². The molecule has 0 aliphatic heterocycles. The number of hydrogen-bond donors (Lipinski definition) is 3. The zero-order valence-corrected chi connectivity index (χ0v) is 15.6. The van der Waals surface area contributed by atoms with Gasteiger partial charge in [0.25, 0.3) is 0 Å². The number of aryl methyl sites for hydroxylation is 1. The summed E-state index contributed by atoms with van der Waals surface area (Å²) >= 11 is 1.44. The second-order valence-electron chi connectivity index (χ2n) is 6.84. The van der Waals surface area contributed by atoms with Crippen LogP contribution in [0.1, 0.15) is 42.1 Å². The minimum Gasteiger partial charge on any atom is -0.396 e. The molecule has 2 aromatic heterocycles. The van der Waals surface area contributed by atoms with Crippen molar-refractivity contribution in [1.29, 1.82) is 0 Å². The Labute approximate surface area is 151 Å². The van der Waals surface area contributed by atoms with Gasteiger partial charge in [-0.1, -0.05) is 6.92 Å². The summed E-state index contributed by atoms with van der Waals surface area (Å²) in [6.45, 7) is 5.85. The molecule has 0 amide bonds. The lowest BCUT2D eigenvalue weighted by atomic mass is 10.00. The number of nitrogen functional groups attached to an aromatic ring is 1. The molecule has 2 aromatic rings. The molecule has 0 saturated heterocycles. The average molecular weight is 360 g/mol. The number of Topliss-reactive ketones (excluding diaryl/α,β-unsaturated/α-hetero) is 1. The molecule has 3 atom stereocenters. The fourth-order valence-electron chi connectivity index (χ4n) is 3.56. The van der Waals surface area contributed by atoms with Gasteiger partial charge in [-0.05, 0) is 50.7 Å². The van der Waals surface area contributed by atoms with Crippen molar-refractivity contribution in [3.05, 3.63) is 22.7 Å². The van der Waals surface area contributed by atoms with Crippen molar-refractivity contribution in [2.45, 2.75) is 39.7 Å². The molecular formula is C18H24N4O2S. The van der Waals surface area contributed by atoms with Crippen LogP contribution in [0.3, 0.4) is 0 Å². The first-order valence-corrected chi connectivity index (χ1v) is 9.33. The minimum absolute atomic E-state index is 0.0511. The molecule has 0 bridgehead atoms. The second-order valence-corrected chi connectivity index (χ2v) is 7.93. The Balaban J connectivity index is 1.94. The van der Waals surface area contributed by atoms with E-state index in [9.17, 15) is 9.90 Å². The fourth-order valence-corrected chi connectivity index (χ4v) is 4.56. The molecule has 7 heteroatoms. The van der Waals surface area contributed by atoms with Gasteiger partial charge in [0.15, 0.2) is 5.78 Å². The summed E-state index contributed by atoms with van der Waals surface area (Å²) in [5.74, 6) is 1.77. The van der Waals surface area contributed by atoms with Gasteiger partial charge in [0, 0.05) is 17.5 Å². The molecule has 1 aliphatic rings. The molecule has 0 spiro atoms. The van der Waals surface area contributed by atoms with Gasteiger partial charge in [-0.2, -0.15) is 4.98 Å². The first-order valence-electron chi connectivity index (χ1n) is 8.51. The van der Waals surface area contributed by atoms with Crippen LogP contribution in [0.25, 0.3) is 10.4 Å². The van der Waals surface area contributed by atoms with Crippen molar-refractivity contribution < 1.29 is 9.90 Å². The molecule has 1 saturated carbocycles. The van der Waals surface area contributed by atoms with Crippen LogP contribution in [-0.4, -0.2) is 33.5 Å². The number of nitrogens with two attached hydrogens (primary N) is 1. The van der Waals surface area contributed by atoms with Gasteiger partial charge in [0.2, 0.25) is 5.95 Å². The van der Waals surface area contributed by atoms with Gasteiger partial charge in [-0.25, -0.2) is 4.98 Å². The molecule has 4 N–H and O–H groups in total. The largest absolute Gasteiger partial charge is 0.396 e. The molecule has 25 heavy (non-hydrogen) atoms. The SMILES string of the molecule is CC(=O)c1ccc(-c2c(C)nc(N)nc2N[C@@H]2C[C@H](CO)[C@@H](C)C2)s1. The van der Waals surface area contributed by atoms with Crippen molar-refractivity contribution in [1.82, 2.24) is 9.97 Å². The molecule has 1 aliphatic carbocycles. The van der Waals surface area contributed by atoms with Gasteiger partial charge in [-0.3, -0.25) is 4.79 Å². The van der Waals surface area contributed by atoms with Crippen molar-refractivity contribution >= 4 is 28.9 Å². The van der Waals surface area contributed by atoms with Crippen LogP contribution in [0.4, 0.5) is 11.8 Å². The van der Waals surface area contributed by atoms with Gasteiger partial charge < -0.3 is 16.2 Å². The van der Waals surface area contributed by atoms with Crippen molar-refractivity contribution in [2.75, 3.05) is 17.7 Å². The summed E-state index contributed by atoms with van der Waals surface area (Å²) in [5, 5.41) is 13.0. The Bertz CT molecular complexity index is 789. The monoisotopic (exact) mass is 360 g/mol. The van der Waals surface area contributed by atoms with Crippen LogP contribution in [0.5, 0.6) is 0 Å². The molecule has 0 aromatic carbocycles. The van der Waals surface area contributed by atoms with E-state index in [1.54, 1.807) is 6.92 Å². The smallest absolute Gasteiger partial charge is 0.222 e. The quantitative estimate of drug-likeness (QED) is 0.708. The number of rotatable bonds is 5. The summed E-state index contributed by atoms with van der Waals surface area (Å²) < 4.78 is 0. The Hall–Kier alpha value is -1.99. The third-order valence-corrected chi connectivity index (χ3v) is 6.13. The molecule has 6 nitrogen and oxygen atoms in total. The van der Waals surface area contributed by atoms with E-state index in [0.29, 0.717) is 22.5 Å². The van der Waals surface area contributed by atoms with Gasteiger partial charge >= 0.3 is 0 Å². The van der Waals surface area contributed by atoms with E-state index in [1.807, 2.05) is 19.1 Å². The maximum absolute atomic E-state index is 11.6. The summed E-state index contributed by atoms with van der Waals surface area (Å²) in [6, 6.07) is 4.01. The van der Waals surface area contributed by atoms with E-state index in [1.165, 1.54) is 11.3 Å².